The molecular weight excluding hydrogens is 354 g/mol. The molecule has 3 aromatic heterocycles. The molecule has 0 amide bonds. The molecule has 4 atom stereocenters. The Morgan fingerprint density at radius 2 is 2.00 bits per heavy atom. The zero-order valence-corrected chi connectivity index (χ0v) is 15.1. The van der Waals surface area contributed by atoms with E-state index in [4.69, 9.17) is 4.74 Å². The number of aryl methyl sites for hydroxylation is 2. The van der Waals surface area contributed by atoms with Gasteiger partial charge in [-0.3, -0.25) is 4.57 Å². The van der Waals surface area contributed by atoms with Crippen LogP contribution in [0.2, 0.25) is 0 Å². The Morgan fingerprint density at radius 3 is 2.59 bits per heavy atom. The number of aliphatic hydroxyl groups is 3. The van der Waals surface area contributed by atoms with Crippen molar-refractivity contribution in [1.29, 1.82) is 0 Å². The van der Waals surface area contributed by atoms with E-state index in [0.717, 1.165) is 11.4 Å². The van der Waals surface area contributed by atoms with E-state index in [1.54, 1.807) is 11.7 Å². The molecule has 1 saturated heterocycles. The van der Waals surface area contributed by atoms with E-state index in [2.05, 4.69) is 25.4 Å². The number of nitrogens with zero attached hydrogens (tertiary/aromatic N) is 6. The maximum Gasteiger partial charge on any atom is 0.254 e. The number of hydrogen-bond donors (Lipinski definition) is 4. The summed E-state index contributed by atoms with van der Waals surface area (Å²) in [5.74, 6) is 0.832. The highest BCUT2D eigenvalue weighted by molar-refractivity contribution is 5.83. The lowest BCUT2D eigenvalue weighted by Gasteiger charge is -2.17. The molecule has 11 nitrogen and oxygen atoms in total. The molecule has 4 rings (SSSR count). The molecule has 4 heterocycles. The first-order valence-electron chi connectivity index (χ1n) is 8.53. The highest BCUT2D eigenvalue weighted by atomic mass is 16.6. The summed E-state index contributed by atoms with van der Waals surface area (Å²) >= 11 is 0. The van der Waals surface area contributed by atoms with E-state index in [-0.39, 0.29) is 0 Å². The van der Waals surface area contributed by atoms with Gasteiger partial charge in [0.05, 0.1) is 18.6 Å². The molecular formula is C16H21N7O4. The largest absolute Gasteiger partial charge is 0.394 e. The SMILES string of the molecule is CNc1nc(-n2nc(C)cc2C)nc2c1ncn2[C@@H]1O[C@H](CO)[C@@H](O)[C@H]1O. The smallest absolute Gasteiger partial charge is 0.254 e. The maximum absolute atomic E-state index is 10.3. The van der Waals surface area contributed by atoms with Crippen LogP contribution in [0.15, 0.2) is 12.4 Å². The lowest BCUT2D eigenvalue weighted by Crippen LogP contribution is -2.33. The molecule has 0 unspecified atom stereocenters. The van der Waals surface area contributed by atoms with E-state index in [1.165, 1.54) is 10.9 Å². The quantitative estimate of drug-likeness (QED) is 0.464. The van der Waals surface area contributed by atoms with Crippen molar-refractivity contribution in [2.45, 2.75) is 38.4 Å². The third-order valence-electron chi connectivity index (χ3n) is 4.64. The van der Waals surface area contributed by atoms with Crippen LogP contribution in [-0.4, -0.2) is 76.6 Å². The average molecular weight is 375 g/mol. The summed E-state index contributed by atoms with van der Waals surface area (Å²) in [4.78, 5) is 13.4. The maximum atomic E-state index is 10.3. The predicted molar refractivity (Wildman–Crippen MR) is 94.5 cm³/mol. The fourth-order valence-electron chi connectivity index (χ4n) is 3.30. The van der Waals surface area contributed by atoms with Crippen molar-refractivity contribution in [1.82, 2.24) is 29.3 Å². The molecule has 1 fully saturated rings. The van der Waals surface area contributed by atoms with Crippen LogP contribution in [-0.2, 0) is 4.74 Å². The van der Waals surface area contributed by atoms with Crippen molar-refractivity contribution >= 4 is 17.0 Å². The molecule has 0 aliphatic carbocycles. The number of rotatable bonds is 4. The summed E-state index contributed by atoms with van der Waals surface area (Å²) in [6.45, 7) is 3.37. The van der Waals surface area contributed by atoms with Crippen LogP contribution in [0.3, 0.4) is 0 Å². The Labute approximate surface area is 154 Å². The fourth-order valence-corrected chi connectivity index (χ4v) is 3.30. The van der Waals surface area contributed by atoms with Crippen LogP contribution in [0.25, 0.3) is 17.1 Å². The average Bonchev–Trinajstić information content (AvgIpc) is 3.30. The van der Waals surface area contributed by atoms with E-state index in [1.807, 2.05) is 19.9 Å². The predicted octanol–water partition coefficient (Wildman–Crippen LogP) is -0.718. The molecule has 0 aromatic carbocycles. The van der Waals surface area contributed by atoms with Crippen LogP contribution < -0.4 is 5.32 Å². The van der Waals surface area contributed by atoms with Gasteiger partial charge in [0, 0.05) is 12.7 Å². The second-order valence-electron chi connectivity index (χ2n) is 6.51. The lowest BCUT2D eigenvalue weighted by molar-refractivity contribution is -0.0511. The van der Waals surface area contributed by atoms with Crippen molar-refractivity contribution < 1.29 is 20.1 Å². The molecule has 1 aliphatic heterocycles. The van der Waals surface area contributed by atoms with Gasteiger partial charge in [0.15, 0.2) is 23.2 Å². The normalized spacial score (nSPS) is 25.4. The van der Waals surface area contributed by atoms with Crippen molar-refractivity contribution in [3.63, 3.8) is 0 Å². The lowest BCUT2D eigenvalue weighted by atomic mass is 10.1. The number of anilines is 1. The molecule has 0 saturated carbocycles. The number of aliphatic hydroxyl groups excluding tert-OH is 3. The van der Waals surface area contributed by atoms with E-state index in [0.29, 0.717) is 22.9 Å². The van der Waals surface area contributed by atoms with Gasteiger partial charge in [-0.2, -0.15) is 15.1 Å². The minimum Gasteiger partial charge on any atom is -0.394 e. The van der Waals surface area contributed by atoms with Gasteiger partial charge in [-0.15, -0.1) is 0 Å². The standard InChI is InChI=1S/C16H21N7O4/c1-7-4-8(2)23(21-7)16-19-13(17-3)10-14(20-16)22(6-18-10)15-12(26)11(25)9(5-24)27-15/h4,6,9,11-12,15,24-26H,5H2,1-3H3,(H,17,19,20)/t9-,11-,12-,15-/m1/s1. The van der Waals surface area contributed by atoms with Crippen molar-refractivity contribution in [3.05, 3.63) is 23.8 Å². The number of imidazole rings is 1. The van der Waals surface area contributed by atoms with Crippen molar-refractivity contribution in [2.75, 3.05) is 19.0 Å². The summed E-state index contributed by atoms with van der Waals surface area (Å²) in [6, 6.07) is 1.91. The summed E-state index contributed by atoms with van der Waals surface area (Å²) < 4.78 is 8.74. The van der Waals surface area contributed by atoms with Gasteiger partial charge in [0.25, 0.3) is 5.95 Å². The highest BCUT2D eigenvalue weighted by Gasteiger charge is 2.44. The number of aromatic nitrogens is 6. The monoisotopic (exact) mass is 375 g/mol. The topological polar surface area (TPSA) is 143 Å². The minimum atomic E-state index is -1.23. The zero-order chi connectivity index (χ0) is 19.3. The van der Waals surface area contributed by atoms with E-state index in [9.17, 15) is 15.3 Å². The Morgan fingerprint density at radius 1 is 1.22 bits per heavy atom. The summed E-state index contributed by atoms with van der Waals surface area (Å²) in [5.41, 5.74) is 2.60. The van der Waals surface area contributed by atoms with Gasteiger partial charge in [0.2, 0.25) is 0 Å². The summed E-state index contributed by atoms with van der Waals surface area (Å²) in [7, 11) is 1.72. The van der Waals surface area contributed by atoms with Crippen LogP contribution >= 0.6 is 0 Å². The minimum absolute atomic E-state index is 0.339. The number of hydrogen-bond acceptors (Lipinski definition) is 9. The highest BCUT2D eigenvalue weighted by Crippen LogP contribution is 2.32. The molecule has 0 radical (unpaired) electrons. The van der Waals surface area contributed by atoms with Crippen LogP contribution in [0.1, 0.15) is 17.6 Å². The van der Waals surface area contributed by atoms with Crippen LogP contribution in [0.4, 0.5) is 5.82 Å². The zero-order valence-electron chi connectivity index (χ0n) is 15.1. The molecule has 1 aliphatic rings. The molecule has 11 heteroatoms. The van der Waals surface area contributed by atoms with Crippen LogP contribution in [0.5, 0.6) is 0 Å². The number of fused-ring (bicyclic) bond motifs is 1. The van der Waals surface area contributed by atoms with Gasteiger partial charge in [0.1, 0.15) is 18.3 Å². The molecule has 0 spiro atoms. The first-order valence-corrected chi connectivity index (χ1v) is 8.53. The summed E-state index contributed by atoms with van der Waals surface area (Å²) in [6.07, 6.45) is -2.80. The van der Waals surface area contributed by atoms with Gasteiger partial charge < -0.3 is 25.4 Å². The number of ether oxygens (including phenoxy) is 1. The Kier molecular flexibility index (Phi) is 4.30. The second kappa shape index (κ2) is 6.53. The van der Waals surface area contributed by atoms with E-state index >= 15 is 0 Å². The Bertz CT molecular complexity index is 985. The summed E-state index contributed by atoms with van der Waals surface area (Å²) in [5, 5.41) is 37.1. The molecule has 4 N–H and O–H groups in total. The first kappa shape index (κ1) is 17.8. The van der Waals surface area contributed by atoms with Crippen LogP contribution in [0, 0.1) is 13.8 Å². The molecule has 144 valence electrons. The van der Waals surface area contributed by atoms with Gasteiger partial charge in [-0.1, -0.05) is 0 Å². The fraction of sp³-hybridized carbons (Fsp3) is 0.500. The molecule has 0 bridgehead atoms. The Balaban J connectivity index is 1.86. The Hall–Kier alpha value is -2.60. The first-order chi connectivity index (χ1) is 12.9. The second-order valence-corrected chi connectivity index (χ2v) is 6.51. The third kappa shape index (κ3) is 2.75. The third-order valence-corrected chi connectivity index (χ3v) is 4.64. The van der Waals surface area contributed by atoms with Gasteiger partial charge >= 0.3 is 0 Å². The van der Waals surface area contributed by atoms with Gasteiger partial charge in [-0.05, 0) is 19.9 Å². The molecule has 3 aromatic rings. The van der Waals surface area contributed by atoms with E-state index < -0.39 is 31.1 Å². The van der Waals surface area contributed by atoms with Crippen molar-refractivity contribution in [3.8, 4) is 5.95 Å². The molecule has 27 heavy (non-hydrogen) atoms. The van der Waals surface area contributed by atoms with Crippen molar-refractivity contribution in [2.24, 2.45) is 0 Å². The number of nitrogens with one attached hydrogen (secondary N) is 1. The van der Waals surface area contributed by atoms with Gasteiger partial charge in [-0.25, -0.2) is 9.67 Å².